The number of rotatable bonds is 3. The van der Waals surface area contributed by atoms with Crippen molar-refractivity contribution in [3.63, 3.8) is 0 Å². The monoisotopic (exact) mass is 365 g/mol. The van der Waals surface area contributed by atoms with Crippen LogP contribution in [0.25, 0.3) is 22.1 Å². The Hall–Kier alpha value is -2.63. The number of phenolic OH excluding ortho intramolecular Hbond substituents is 1. The summed E-state index contributed by atoms with van der Waals surface area (Å²) in [6.07, 6.45) is 0.302. The highest BCUT2D eigenvalue weighted by Gasteiger charge is 2.23. The standard InChI is InChI=1S/C22H23NO4/c1-14-11-23(12-15(2)26-14)13-17-8-22(25)27-21-10-18(20(24)9-19(17)21)16-6-4-3-5-7-16/h3-10,14-15,24H,11-13H2,1-2H3/t14-,15-/m1/s1. The highest BCUT2D eigenvalue weighted by atomic mass is 16.5. The fourth-order valence-corrected chi connectivity index (χ4v) is 3.90. The fraction of sp³-hybridized carbons (Fsp3) is 0.318. The Morgan fingerprint density at radius 2 is 1.78 bits per heavy atom. The number of hydrogen-bond acceptors (Lipinski definition) is 5. The second-order valence-corrected chi connectivity index (χ2v) is 7.27. The molecule has 0 aliphatic carbocycles. The van der Waals surface area contributed by atoms with E-state index in [0.717, 1.165) is 29.6 Å². The number of benzene rings is 2. The summed E-state index contributed by atoms with van der Waals surface area (Å²) in [5.74, 6) is 0.174. The first-order chi connectivity index (χ1) is 13.0. The number of fused-ring (bicyclic) bond motifs is 1. The Balaban J connectivity index is 1.76. The van der Waals surface area contributed by atoms with Crippen LogP contribution in [0.5, 0.6) is 5.75 Å². The summed E-state index contributed by atoms with van der Waals surface area (Å²) in [6.45, 7) is 6.33. The van der Waals surface area contributed by atoms with Crippen LogP contribution >= 0.6 is 0 Å². The number of phenols is 1. The van der Waals surface area contributed by atoms with Crippen LogP contribution in [0.2, 0.25) is 0 Å². The molecule has 2 aromatic carbocycles. The van der Waals surface area contributed by atoms with Crippen LogP contribution in [0.15, 0.2) is 57.7 Å². The molecule has 1 N–H and O–H groups in total. The number of morpholine rings is 1. The van der Waals surface area contributed by atoms with Crippen molar-refractivity contribution in [2.24, 2.45) is 0 Å². The summed E-state index contributed by atoms with van der Waals surface area (Å²) >= 11 is 0. The van der Waals surface area contributed by atoms with Crippen LogP contribution in [-0.2, 0) is 11.3 Å². The summed E-state index contributed by atoms with van der Waals surface area (Å²) in [4.78, 5) is 14.4. The van der Waals surface area contributed by atoms with Gasteiger partial charge in [-0.3, -0.25) is 4.90 Å². The first-order valence-electron chi connectivity index (χ1n) is 9.22. The number of nitrogens with zero attached hydrogens (tertiary/aromatic N) is 1. The molecule has 0 amide bonds. The summed E-state index contributed by atoms with van der Waals surface area (Å²) in [7, 11) is 0. The average molecular weight is 365 g/mol. The molecule has 1 saturated heterocycles. The van der Waals surface area contributed by atoms with Gasteiger partial charge in [-0.2, -0.15) is 0 Å². The van der Waals surface area contributed by atoms with E-state index in [2.05, 4.69) is 18.7 Å². The van der Waals surface area contributed by atoms with E-state index in [1.54, 1.807) is 12.1 Å². The Morgan fingerprint density at radius 1 is 1.07 bits per heavy atom. The molecule has 1 aliphatic heterocycles. The molecule has 5 heteroatoms. The van der Waals surface area contributed by atoms with E-state index in [1.165, 1.54) is 6.07 Å². The third-order valence-electron chi connectivity index (χ3n) is 4.92. The van der Waals surface area contributed by atoms with Gasteiger partial charge in [0.1, 0.15) is 11.3 Å². The van der Waals surface area contributed by atoms with E-state index in [4.69, 9.17) is 9.15 Å². The van der Waals surface area contributed by atoms with Crippen LogP contribution < -0.4 is 5.63 Å². The van der Waals surface area contributed by atoms with E-state index < -0.39 is 0 Å². The molecule has 27 heavy (non-hydrogen) atoms. The van der Waals surface area contributed by atoms with Gasteiger partial charge < -0.3 is 14.3 Å². The molecular weight excluding hydrogens is 342 g/mol. The molecule has 0 radical (unpaired) electrons. The van der Waals surface area contributed by atoms with Crippen molar-refractivity contribution in [1.29, 1.82) is 0 Å². The molecule has 3 aromatic rings. The third-order valence-corrected chi connectivity index (χ3v) is 4.92. The zero-order valence-corrected chi connectivity index (χ0v) is 15.5. The number of ether oxygens (including phenoxy) is 1. The highest BCUT2D eigenvalue weighted by molar-refractivity contribution is 5.88. The second-order valence-electron chi connectivity index (χ2n) is 7.27. The molecule has 0 saturated carbocycles. The fourth-order valence-electron chi connectivity index (χ4n) is 3.90. The lowest BCUT2D eigenvalue weighted by atomic mass is 10.0. The van der Waals surface area contributed by atoms with Crippen LogP contribution in [0.3, 0.4) is 0 Å². The van der Waals surface area contributed by atoms with Gasteiger partial charge in [-0.05, 0) is 37.1 Å². The smallest absolute Gasteiger partial charge is 0.336 e. The average Bonchev–Trinajstić information content (AvgIpc) is 2.62. The highest BCUT2D eigenvalue weighted by Crippen LogP contribution is 2.34. The quantitative estimate of drug-likeness (QED) is 0.716. The molecule has 140 valence electrons. The molecule has 4 rings (SSSR count). The lowest BCUT2D eigenvalue weighted by Crippen LogP contribution is -2.44. The van der Waals surface area contributed by atoms with Gasteiger partial charge in [0.05, 0.1) is 12.2 Å². The maximum Gasteiger partial charge on any atom is 0.336 e. The zero-order valence-electron chi connectivity index (χ0n) is 15.5. The largest absolute Gasteiger partial charge is 0.507 e. The summed E-state index contributed by atoms with van der Waals surface area (Å²) in [5, 5.41) is 11.4. The molecule has 1 aliphatic rings. The minimum atomic E-state index is -0.378. The van der Waals surface area contributed by atoms with Crippen molar-refractivity contribution in [3.8, 4) is 16.9 Å². The van der Waals surface area contributed by atoms with Crippen molar-refractivity contribution in [2.45, 2.75) is 32.6 Å². The van der Waals surface area contributed by atoms with E-state index in [0.29, 0.717) is 17.7 Å². The van der Waals surface area contributed by atoms with Gasteiger partial charge in [0.15, 0.2) is 0 Å². The second kappa shape index (κ2) is 7.18. The Labute approximate surface area is 157 Å². The van der Waals surface area contributed by atoms with Crippen molar-refractivity contribution in [1.82, 2.24) is 4.90 Å². The summed E-state index contributed by atoms with van der Waals surface area (Å²) in [6, 6.07) is 14.5. The van der Waals surface area contributed by atoms with Crippen LogP contribution in [0.1, 0.15) is 19.4 Å². The molecule has 0 bridgehead atoms. The van der Waals surface area contributed by atoms with E-state index in [-0.39, 0.29) is 23.6 Å². The number of aromatic hydroxyl groups is 1. The predicted molar refractivity (Wildman–Crippen MR) is 105 cm³/mol. The minimum Gasteiger partial charge on any atom is -0.507 e. The van der Waals surface area contributed by atoms with Crippen molar-refractivity contribution in [3.05, 3.63) is 64.5 Å². The summed E-state index contributed by atoms with van der Waals surface area (Å²) < 4.78 is 11.2. The molecule has 0 unspecified atom stereocenters. The topological polar surface area (TPSA) is 62.9 Å². The number of hydrogen-bond donors (Lipinski definition) is 1. The molecule has 0 spiro atoms. The predicted octanol–water partition coefficient (Wildman–Crippen LogP) is 3.77. The normalized spacial score (nSPS) is 20.8. The first-order valence-corrected chi connectivity index (χ1v) is 9.22. The molecule has 1 aromatic heterocycles. The van der Waals surface area contributed by atoms with Gasteiger partial charge >= 0.3 is 5.63 Å². The van der Waals surface area contributed by atoms with Crippen molar-refractivity contribution < 1.29 is 14.3 Å². The Bertz CT molecular complexity index is 1000. The van der Waals surface area contributed by atoms with Crippen LogP contribution in [0, 0.1) is 0 Å². The maximum atomic E-state index is 12.1. The van der Waals surface area contributed by atoms with Crippen LogP contribution in [-0.4, -0.2) is 35.3 Å². The van der Waals surface area contributed by atoms with Gasteiger partial charge in [-0.25, -0.2) is 4.79 Å². The Kier molecular flexibility index (Phi) is 4.72. The van der Waals surface area contributed by atoms with Gasteiger partial charge in [-0.15, -0.1) is 0 Å². The van der Waals surface area contributed by atoms with E-state index in [9.17, 15) is 9.90 Å². The Morgan fingerprint density at radius 3 is 2.48 bits per heavy atom. The van der Waals surface area contributed by atoms with Gasteiger partial charge in [0.25, 0.3) is 0 Å². The van der Waals surface area contributed by atoms with Crippen molar-refractivity contribution >= 4 is 11.0 Å². The maximum absolute atomic E-state index is 12.1. The lowest BCUT2D eigenvalue weighted by Gasteiger charge is -2.35. The third kappa shape index (κ3) is 3.75. The first kappa shape index (κ1) is 17.8. The molecular formula is C22H23NO4. The van der Waals surface area contributed by atoms with Crippen molar-refractivity contribution in [2.75, 3.05) is 13.1 Å². The molecule has 5 nitrogen and oxygen atoms in total. The SMILES string of the molecule is C[C@@H]1CN(Cc2cc(=O)oc3cc(-c4ccccc4)c(O)cc23)C[C@@H](C)O1. The van der Waals surface area contributed by atoms with E-state index >= 15 is 0 Å². The zero-order chi connectivity index (χ0) is 19.0. The van der Waals surface area contributed by atoms with Gasteiger partial charge in [0.2, 0.25) is 0 Å². The molecule has 2 heterocycles. The summed E-state index contributed by atoms with van der Waals surface area (Å²) in [5.41, 5.74) is 2.50. The molecule has 1 fully saturated rings. The van der Waals surface area contributed by atoms with E-state index in [1.807, 2.05) is 30.3 Å². The van der Waals surface area contributed by atoms with Crippen LogP contribution in [0.4, 0.5) is 0 Å². The van der Waals surface area contributed by atoms with Gasteiger partial charge in [-0.1, -0.05) is 30.3 Å². The lowest BCUT2D eigenvalue weighted by molar-refractivity contribution is -0.0704. The molecule has 2 atom stereocenters. The minimum absolute atomic E-state index is 0.151. The van der Waals surface area contributed by atoms with Gasteiger partial charge in [0, 0.05) is 36.7 Å².